The second-order valence-electron chi connectivity index (χ2n) is 4.99. The summed E-state index contributed by atoms with van der Waals surface area (Å²) in [6, 6.07) is 16.2. The zero-order chi connectivity index (χ0) is 15.8. The van der Waals surface area contributed by atoms with E-state index in [0.29, 0.717) is 0 Å². The van der Waals surface area contributed by atoms with Gasteiger partial charge in [-0.15, -0.1) is 0 Å². The summed E-state index contributed by atoms with van der Waals surface area (Å²) >= 11 is 0. The number of benzene rings is 2. The van der Waals surface area contributed by atoms with Crippen molar-refractivity contribution in [2.45, 2.75) is 34.6 Å². The molecule has 2 aromatic carbocycles. The van der Waals surface area contributed by atoms with Crippen molar-refractivity contribution in [2.75, 3.05) is 0 Å². The lowest BCUT2D eigenvalue weighted by molar-refractivity contribution is 0.101. The number of allylic oxidation sites excluding steroid dienone is 1. The molecular weight excluding hydrogens is 256 g/mol. The van der Waals surface area contributed by atoms with Gasteiger partial charge in [-0.25, -0.2) is 0 Å². The number of carbonyl (C=O) groups excluding carboxylic acids is 1. The van der Waals surface area contributed by atoms with Crippen molar-refractivity contribution in [3.8, 4) is 11.1 Å². The second kappa shape index (κ2) is 8.21. The first-order valence-electron chi connectivity index (χ1n) is 7.42. The quantitative estimate of drug-likeness (QED) is 0.630. The lowest BCUT2D eigenvalue weighted by Crippen LogP contribution is -1.94. The van der Waals surface area contributed by atoms with Gasteiger partial charge in [0.1, 0.15) is 0 Å². The van der Waals surface area contributed by atoms with Gasteiger partial charge in [0.25, 0.3) is 0 Å². The molecule has 1 nitrogen and oxygen atoms in total. The predicted molar refractivity (Wildman–Crippen MR) is 92.6 cm³/mol. The maximum Gasteiger partial charge on any atom is 0.159 e. The van der Waals surface area contributed by atoms with Gasteiger partial charge in [0.05, 0.1) is 0 Å². The summed E-state index contributed by atoms with van der Waals surface area (Å²) in [6.45, 7) is 9.72. The topological polar surface area (TPSA) is 17.1 Å². The number of rotatable bonds is 3. The van der Waals surface area contributed by atoms with Crippen LogP contribution in [0.25, 0.3) is 17.2 Å². The summed E-state index contributed by atoms with van der Waals surface area (Å²) in [7, 11) is 0. The van der Waals surface area contributed by atoms with Gasteiger partial charge in [0, 0.05) is 5.56 Å². The molecule has 0 heterocycles. The van der Waals surface area contributed by atoms with Gasteiger partial charge >= 0.3 is 0 Å². The third kappa shape index (κ3) is 5.03. The van der Waals surface area contributed by atoms with E-state index >= 15 is 0 Å². The molecule has 0 bridgehead atoms. The highest BCUT2D eigenvalue weighted by Crippen LogP contribution is 2.23. The molecule has 0 fully saturated rings. The van der Waals surface area contributed by atoms with E-state index in [1.165, 1.54) is 5.57 Å². The summed E-state index contributed by atoms with van der Waals surface area (Å²) in [5, 5.41) is 0. The Balaban J connectivity index is 0.00000106. The van der Waals surface area contributed by atoms with Crippen LogP contribution in [0.5, 0.6) is 0 Å². The summed E-state index contributed by atoms with van der Waals surface area (Å²) in [4.78, 5) is 11.6. The summed E-state index contributed by atoms with van der Waals surface area (Å²) < 4.78 is 0. The number of hydrogen-bond donors (Lipinski definition) is 0. The largest absolute Gasteiger partial charge is 0.295 e. The van der Waals surface area contributed by atoms with Crippen LogP contribution in [0.15, 0.2) is 54.1 Å². The van der Waals surface area contributed by atoms with Crippen molar-refractivity contribution in [3.05, 3.63) is 65.2 Å². The molecule has 2 aromatic rings. The molecule has 2 rings (SSSR count). The van der Waals surface area contributed by atoms with Crippen LogP contribution < -0.4 is 0 Å². The zero-order valence-corrected chi connectivity index (χ0v) is 13.6. The minimum Gasteiger partial charge on any atom is -0.295 e. The van der Waals surface area contributed by atoms with Crippen molar-refractivity contribution < 1.29 is 4.79 Å². The Morgan fingerprint density at radius 2 is 1.48 bits per heavy atom. The van der Waals surface area contributed by atoms with Gasteiger partial charge in [-0.2, -0.15) is 0 Å². The molecule has 0 N–H and O–H groups in total. The molecule has 0 saturated carbocycles. The molecule has 0 saturated heterocycles. The summed E-state index contributed by atoms with van der Waals surface area (Å²) in [5.74, 6) is 0.0983. The Hall–Kier alpha value is -2.15. The third-order valence-electron chi connectivity index (χ3n) is 2.92. The molecule has 0 amide bonds. The monoisotopic (exact) mass is 280 g/mol. The molecule has 0 aromatic heterocycles. The van der Waals surface area contributed by atoms with Crippen molar-refractivity contribution in [2.24, 2.45) is 0 Å². The highest BCUT2D eigenvalue weighted by molar-refractivity contribution is 5.96. The van der Waals surface area contributed by atoms with Gasteiger partial charge in [-0.1, -0.05) is 55.8 Å². The van der Waals surface area contributed by atoms with Crippen molar-refractivity contribution in [3.63, 3.8) is 0 Å². The van der Waals surface area contributed by atoms with Crippen molar-refractivity contribution >= 4 is 11.9 Å². The lowest BCUT2D eigenvalue weighted by Gasteiger charge is -2.07. The number of hydrogen-bond acceptors (Lipinski definition) is 1. The predicted octanol–water partition coefficient (Wildman–Crippen LogP) is 6.01. The van der Waals surface area contributed by atoms with E-state index in [1.807, 2.05) is 44.2 Å². The molecule has 0 unspecified atom stereocenters. The van der Waals surface area contributed by atoms with E-state index in [2.05, 4.69) is 38.1 Å². The Kier molecular flexibility index (Phi) is 6.61. The fourth-order valence-corrected chi connectivity index (χ4v) is 2.07. The van der Waals surface area contributed by atoms with Gasteiger partial charge in [-0.05, 0) is 55.7 Å². The Morgan fingerprint density at radius 3 is 2.00 bits per heavy atom. The highest BCUT2D eigenvalue weighted by Gasteiger charge is 2.05. The van der Waals surface area contributed by atoms with E-state index in [9.17, 15) is 4.79 Å². The van der Waals surface area contributed by atoms with Gasteiger partial charge in [-0.3, -0.25) is 4.79 Å². The van der Waals surface area contributed by atoms with Gasteiger partial charge < -0.3 is 0 Å². The van der Waals surface area contributed by atoms with Crippen molar-refractivity contribution in [1.82, 2.24) is 0 Å². The molecule has 0 aliphatic heterocycles. The molecule has 0 radical (unpaired) electrons. The van der Waals surface area contributed by atoms with Crippen LogP contribution in [0, 0.1) is 0 Å². The minimum absolute atomic E-state index is 0.0983. The summed E-state index contributed by atoms with van der Waals surface area (Å²) in [6.07, 6.45) is 2.10. The average molecular weight is 280 g/mol. The number of carbonyl (C=O) groups is 1. The molecule has 21 heavy (non-hydrogen) atoms. The van der Waals surface area contributed by atoms with Crippen LogP contribution in [0.3, 0.4) is 0 Å². The first-order chi connectivity index (χ1) is 10.1. The molecule has 0 spiro atoms. The van der Waals surface area contributed by atoms with Crippen LogP contribution in [-0.2, 0) is 0 Å². The highest BCUT2D eigenvalue weighted by atomic mass is 16.1. The van der Waals surface area contributed by atoms with Gasteiger partial charge in [0.2, 0.25) is 0 Å². The Morgan fingerprint density at radius 1 is 0.857 bits per heavy atom. The Bertz CT molecular complexity index is 618. The van der Waals surface area contributed by atoms with Crippen LogP contribution in [-0.4, -0.2) is 5.78 Å². The fourth-order valence-electron chi connectivity index (χ4n) is 2.07. The van der Waals surface area contributed by atoms with E-state index in [1.54, 1.807) is 6.92 Å². The maximum atomic E-state index is 11.6. The maximum absolute atomic E-state index is 11.6. The van der Waals surface area contributed by atoms with Crippen LogP contribution >= 0.6 is 0 Å². The van der Waals surface area contributed by atoms with Crippen LogP contribution in [0.4, 0.5) is 0 Å². The van der Waals surface area contributed by atoms with E-state index < -0.39 is 0 Å². The van der Waals surface area contributed by atoms with E-state index in [4.69, 9.17) is 0 Å². The molecule has 0 aliphatic carbocycles. The fraction of sp³-hybridized carbons (Fsp3) is 0.250. The number of Topliss-reactive ketones (excluding diaryl/α,β-unsaturated/α-hetero) is 1. The Labute approximate surface area is 128 Å². The third-order valence-corrected chi connectivity index (χ3v) is 2.92. The first kappa shape index (κ1) is 16.9. The normalized spacial score (nSPS) is 9.38. The van der Waals surface area contributed by atoms with Crippen LogP contribution in [0.1, 0.15) is 50.5 Å². The molecule has 1 heteroatoms. The second-order valence-corrected chi connectivity index (χ2v) is 4.99. The van der Waals surface area contributed by atoms with E-state index in [0.717, 1.165) is 22.3 Å². The first-order valence-corrected chi connectivity index (χ1v) is 7.42. The molecular formula is C20H24O. The number of ketones is 1. The standard InChI is InChI=1S/C18H18O.C2H6/c1-13(2)9-15-10-17(14(3)19)12-18(11-15)16-7-5-4-6-8-16;1-2/h4-12H,1-3H3;1-2H3. The molecule has 0 aliphatic rings. The lowest BCUT2D eigenvalue weighted by atomic mass is 9.97. The van der Waals surface area contributed by atoms with Crippen LogP contribution in [0.2, 0.25) is 0 Å². The zero-order valence-electron chi connectivity index (χ0n) is 13.6. The molecule has 110 valence electrons. The van der Waals surface area contributed by atoms with Crippen molar-refractivity contribution in [1.29, 1.82) is 0 Å². The SMILES string of the molecule is CC.CC(=O)c1cc(C=C(C)C)cc(-c2ccccc2)c1. The minimum atomic E-state index is 0.0983. The van der Waals surface area contributed by atoms with Gasteiger partial charge in [0.15, 0.2) is 5.78 Å². The molecule has 0 atom stereocenters. The summed E-state index contributed by atoms with van der Waals surface area (Å²) in [5.41, 5.74) is 5.27. The smallest absolute Gasteiger partial charge is 0.159 e. The van der Waals surface area contributed by atoms with E-state index in [-0.39, 0.29) is 5.78 Å². The average Bonchev–Trinajstić information content (AvgIpc) is 2.49.